The van der Waals surface area contributed by atoms with Gasteiger partial charge in [0.05, 0.1) is 0 Å². The lowest BCUT2D eigenvalue weighted by atomic mass is 10.1. The van der Waals surface area contributed by atoms with Crippen LogP contribution in [0.3, 0.4) is 0 Å². The van der Waals surface area contributed by atoms with Crippen molar-refractivity contribution in [2.24, 2.45) is 0 Å². The Morgan fingerprint density at radius 1 is 1.25 bits per heavy atom. The Morgan fingerprint density at radius 2 is 2.00 bits per heavy atom. The van der Waals surface area contributed by atoms with Gasteiger partial charge in [0, 0.05) is 18.5 Å². The Kier molecular flexibility index (Phi) is 3.34. The maximum absolute atomic E-state index is 12.1. The molecule has 2 N–H and O–H groups in total. The van der Waals surface area contributed by atoms with E-state index in [2.05, 4.69) is 17.4 Å². The lowest BCUT2D eigenvalue weighted by Gasteiger charge is -2.21. The molecule has 0 spiro atoms. The molecule has 1 aliphatic carbocycles. The lowest BCUT2D eigenvalue weighted by Crippen LogP contribution is -2.46. The number of carbonyl (C=O) groups is 2. The maximum Gasteiger partial charge on any atom is 0.326 e. The summed E-state index contributed by atoms with van der Waals surface area (Å²) in [5.74, 6) is -0.543. The summed E-state index contributed by atoms with van der Waals surface area (Å²) in [6, 6.07) is 9.32. The van der Waals surface area contributed by atoms with Gasteiger partial charge >= 0.3 is 12.0 Å². The van der Waals surface area contributed by atoms with E-state index in [1.54, 1.807) is 0 Å². The van der Waals surface area contributed by atoms with Gasteiger partial charge in [0.2, 0.25) is 0 Å². The lowest BCUT2D eigenvalue weighted by molar-refractivity contribution is -0.141. The molecule has 2 amide bonds. The van der Waals surface area contributed by atoms with E-state index in [1.807, 2.05) is 18.2 Å². The number of nitrogens with zero attached hydrogens (tertiary/aromatic N) is 1. The van der Waals surface area contributed by atoms with Crippen LogP contribution < -0.4 is 5.32 Å². The largest absolute Gasteiger partial charge is 0.480 e. The van der Waals surface area contributed by atoms with Crippen LogP contribution in [0.15, 0.2) is 30.3 Å². The number of likely N-dealkylation sites (tertiary alicyclic amines) is 1. The average molecular weight is 274 g/mol. The summed E-state index contributed by atoms with van der Waals surface area (Å²) in [4.78, 5) is 24.7. The molecule has 1 saturated carbocycles. The average Bonchev–Trinajstić information content (AvgIpc) is 3.02. The predicted octanol–water partition coefficient (Wildman–Crippen LogP) is 1.80. The number of benzene rings is 1. The zero-order chi connectivity index (χ0) is 14.1. The van der Waals surface area contributed by atoms with Gasteiger partial charge in [0.15, 0.2) is 0 Å². The Balaban J connectivity index is 1.57. The highest BCUT2D eigenvalue weighted by Crippen LogP contribution is 2.40. The van der Waals surface area contributed by atoms with Crippen LogP contribution in [0, 0.1) is 0 Å². The Morgan fingerprint density at radius 3 is 2.70 bits per heavy atom. The van der Waals surface area contributed by atoms with E-state index in [0.717, 1.165) is 12.8 Å². The fourth-order valence-corrected chi connectivity index (χ4v) is 2.93. The van der Waals surface area contributed by atoms with E-state index in [-0.39, 0.29) is 12.1 Å². The molecule has 3 rings (SSSR count). The van der Waals surface area contributed by atoms with Crippen LogP contribution in [0.2, 0.25) is 0 Å². The summed E-state index contributed by atoms with van der Waals surface area (Å²) in [6.07, 6.45) is 2.24. The van der Waals surface area contributed by atoms with Crippen LogP contribution in [0.4, 0.5) is 4.79 Å². The summed E-state index contributed by atoms with van der Waals surface area (Å²) in [6.45, 7) is 0.533. The first-order chi connectivity index (χ1) is 9.66. The molecular weight excluding hydrogens is 256 g/mol. The third kappa shape index (κ3) is 2.48. The van der Waals surface area contributed by atoms with E-state index in [4.69, 9.17) is 5.11 Å². The number of carboxylic acids is 1. The third-order valence-corrected chi connectivity index (χ3v) is 4.13. The van der Waals surface area contributed by atoms with Gasteiger partial charge in [-0.25, -0.2) is 9.59 Å². The number of hydrogen-bond acceptors (Lipinski definition) is 2. The van der Waals surface area contributed by atoms with Gasteiger partial charge in [-0.15, -0.1) is 0 Å². The smallest absolute Gasteiger partial charge is 0.326 e. The zero-order valence-electron chi connectivity index (χ0n) is 11.2. The van der Waals surface area contributed by atoms with Gasteiger partial charge in [-0.05, 0) is 24.8 Å². The summed E-state index contributed by atoms with van der Waals surface area (Å²) < 4.78 is 0. The number of carbonyl (C=O) groups excluding carboxylic acids is 1. The molecule has 0 bridgehead atoms. The monoisotopic (exact) mass is 274 g/mol. The van der Waals surface area contributed by atoms with Crippen LogP contribution in [0.1, 0.15) is 30.7 Å². The summed E-state index contributed by atoms with van der Waals surface area (Å²) >= 11 is 0. The minimum atomic E-state index is -0.909. The number of urea groups is 1. The quantitative estimate of drug-likeness (QED) is 0.883. The molecule has 1 aromatic rings. The minimum absolute atomic E-state index is 0.139. The van der Waals surface area contributed by atoms with E-state index in [9.17, 15) is 9.59 Å². The molecule has 0 aromatic heterocycles. The number of carboxylic acid groups (broad SMARTS) is 1. The van der Waals surface area contributed by atoms with Crippen molar-refractivity contribution in [1.29, 1.82) is 0 Å². The van der Waals surface area contributed by atoms with Crippen LogP contribution in [0.5, 0.6) is 0 Å². The molecule has 0 radical (unpaired) electrons. The predicted molar refractivity (Wildman–Crippen MR) is 73.5 cm³/mol. The maximum atomic E-state index is 12.1. The standard InChI is InChI=1S/C15H18N2O3/c18-14(19)13-7-4-8-17(13)15(20)16-12-9-11(12)10-5-2-1-3-6-10/h1-3,5-6,11-13H,4,7-9H2,(H,16,20)(H,18,19). The van der Waals surface area contributed by atoms with Crippen molar-refractivity contribution in [3.05, 3.63) is 35.9 Å². The number of hydrogen-bond donors (Lipinski definition) is 2. The van der Waals surface area contributed by atoms with E-state index >= 15 is 0 Å². The summed E-state index contributed by atoms with van der Waals surface area (Å²) in [5, 5.41) is 12.0. The number of nitrogens with one attached hydrogen (secondary N) is 1. The first-order valence-electron chi connectivity index (χ1n) is 7.01. The van der Waals surface area contributed by atoms with Crippen molar-refractivity contribution in [3.63, 3.8) is 0 Å². The molecule has 20 heavy (non-hydrogen) atoms. The topological polar surface area (TPSA) is 69.6 Å². The number of aliphatic carboxylic acids is 1. The molecular formula is C15H18N2O3. The Labute approximate surface area is 117 Å². The van der Waals surface area contributed by atoms with Gasteiger partial charge < -0.3 is 15.3 Å². The van der Waals surface area contributed by atoms with E-state index < -0.39 is 12.0 Å². The highest BCUT2D eigenvalue weighted by molar-refractivity contribution is 5.83. The molecule has 106 valence electrons. The summed E-state index contributed by atoms with van der Waals surface area (Å²) in [7, 11) is 0. The molecule has 3 unspecified atom stereocenters. The molecule has 1 aromatic carbocycles. The van der Waals surface area contributed by atoms with Crippen molar-refractivity contribution in [3.8, 4) is 0 Å². The van der Waals surface area contributed by atoms with Crippen LogP contribution in [0.25, 0.3) is 0 Å². The van der Waals surface area contributed by atoms with Crippen LogP contribution >= 0.6 is 0 Å². The van der Waals surface area contributed by atoms with E-state index in [1.165, 1.54) is 10.5 Å². The second kappa shape index (κ2) is 5.15. The van der Waals surface area contributed by atoms with E-state index in [0.29, 0.717) is 18.9 Å². The van der Waals surface area contributed by atoms with Crippen LogP contribution in [-0.4, -0.2) is 40.6 Å². The van der Waals surface area contributed by atoms with Crippen LogP contribution in [-0.2, 0) is 4.79 Å². The SMILES string of the molecule is O=C(O)C1CCCN1C(=O)NC1CC1c1ccccc1. The van der Waals surface area contributed by atoms with Crippen molar-refractivity contribution >= 4 is 12.0 Å². The first-order valence-corrected chi connectivity index (χ1v) is 7.01. The van der Waals surface area contributed by atoms with Crippen molar-refractivity contribution < 1.29 is 14.7 Å². The third-order valence-electron chi connectivity index (χ3n) is 4.13. The molecule has 2 fully saturated rings. The van der Waals surface area contributed by atoms with Gasteiger partial charge in [-0.2, -0.15) is 0 Å². The second-order valence-corrected chi connectivity index (χ2v) is 5.50. The molecule has 1 saturated heterocycles. The zero-order valence-corrected chi connectivity index (χ0v) is 11.2. The van der Waals surface area contributed by atoms with Crippen molar-refractivity contribution in [1.82, 2.24) is 10.2 Å². The molecule has 2 aliphatic rings. The van der Waals surface area contributed by atoms with Gasteiger partial charge in [-0.1, -0.05) is 30.3 Å². The fourth-order valence-electron chi connectivity index (χ4n) is 2.93. The van der Waals surface area contributed by atoms with Crippen molar-refractivity contribution in [2.75, 3.05) is 6.54 Å². The highest BCUT2D eigenvalue weighted by Gasteiger charge is 2.42. The Hall–Kier alpha value is -2.04. The second-order valence-electron chi connectivity index (χ2n) is 5.50. The normalized spacial score (nSPS) is 28.2. The number of amides is 2. The highest BCUT2D eigenvalue weighted by atomic mass is 16.4. The minimum Gasteiger partial charge on any atom is -0.480 e. The molecule has 3 atom stereocenters. The molecule has 5 nitrogen and oxygen atoms in total. The van der Waals surface area contributed by atoms with Crippen molar-refractivity contribution in [2.45, 2.75) is 37.3 Å². The van der Waals surface area contributed by atoms with Gasteiger partial charge in [-0.3, -0.25) is 0 Å². The van der Waals surface area contributed by atoms with Gasteiger partial charge in [0.1, 0.15) is 6.04 Å². The molecule has 5 heteroatoms. The number of rotatable bonds is 3. The molecule has 1 aliphatic heterocycles. The summed E-state index contributed by atoms with van der Waals surface area (Å²) in [5.41, 5.74) is 1.23. The first kappa shape index (κ1) is 13.0. The fraction of sp³-hybridized carbons (Fsp3) is 0.467. The Bertz CT molecular complexity index is 517. The van der Waals surface area contributed by atoms with Gasteiger partial charge in [0.25, 0.3) is 0 Å². The molecule has 1 heterocycles.